The first kappa shape index (κ1) is 35.3. The van der Waals surface area contributed by atoms with Crippen molar-refractivity contribution in [3.05, 3.63) is 152 Å². The van der Waals surface area contributed by atoms with Gasteiger partial charge in [-0.2, -0.15) is 10.2 Å². The zero-order valence-corrected chi connectivity index (χ0v) is 26.0. The number of nitrogens with two attached hydrogens (primary N) is 2. The third kappa shape index (κ3) is 10.2. The number of nitriles is 1. The topological polar surface area (TPSA) is 223 Å². The minimum atomic E-state index is -0.994. The highest BCUT2D eigenvalue weighted by Crippen LogP contribution is 2.30. The zero-order valence-electron chi connectivity index (χ0n) is 26.0. The number of nitrogen functional groups attached to an aromatic ring is 2. The summed E-state index contributed by atoms with van der Waals surface area (Å²) in [5.74, 6) is -1.13. The fourth-order valence-electron chi connectivity index (χ4n) is 4.60. The average Bonchev–Trinajstić information content (AvgIpc) is 3.10. The Bertz CT molecular complexity index is 1920. The summed E-state index contributed by atoms with van der Waals surface area (Å²) >= 11 is 0. The lowest BCUT2D eigenvalue weighted by molar-refractivity contribution is -0.385. The van der Waals surface area contributed by atoms with E-state index in [-0.39, 0.29) is 48.7 Å². The van der Waals surface area contributed by atoms with Crippen LogP contribution in [0.2, 0.25) is 0 Å². The van der Waals surface area contributed by atoms with E-state index in [1.807, 2.05) is 66.7 Å². The van der Waals surface area contributed by atoms with E-state index < -0.39 is 15.8 Å². The lowest BCUT2D eigenvalue weighted by Gasteiger charge is -2.12. The van der Waals surface area contributed by atoms with E-state index in [2.05, 4.69) is 9.97 Å². The van der Waals surface area contributed by atoms with Crippen LogP contribution in [-0.4, -0.2) is 32.2 Å². The zero-order chi connectivity index (χ0) is 35.2. The summed E-state index contributed by atoms with van der Waals surface area (Å²) in [6, 6.07) is 32.4. The van der Waals surface area contributed by atoms with Crippen molar-refractivity contribution in [2.45, 2.75) is 25.7 Å². The van der Waals surface area contributed by atoms with Crippen LogP contribution in [0, 0.1) is 31.6 Å². The number of hydrogen-bond acceptors (Lipinski definition) is 12. The first-order valence-electron chi connectivity index (χ1n) is 14.7. The summed E-state index contributed by atoms with van der Waals surface area (Å²) < 4.78 is 11.1. The predicted molar refractivity (Wildman–Crippen MR) is 180 cm³/mol. The van der Waals surface area contributed by atoms with Gasteiger partial charge in [-0.15, -0.1) is 0 Å². The molecule has 0 spiro atoms. The van der Waals surface area contributed by atoms with Crippen LogP contribution in [0.5, 0.6) is 0 Å². The van der Waals surface area contributed by atoms with Gasteiger partial charge in [-0.05, 0) is 34.4 Å². The van der Waals surface area contributed by atoms with Crippen molar-refractivity contribution < 1.29 is 24.1 Å². The second-order valence-electron chi connectivity index (χ2n) is 10.4. The number of nitrogens with zero attached hydrogens (tertiary/aromatic N) is 5. The second-order valence-corrected chi connectivity index (χ2v) is 10.4. The number of ether oxygens (including phenoxy) is 2. The maximum absolute atomic E-state index is 12.1. The Morgan fingerprint density at radius 2 is 1.24 bits per heavy atom. The Hall–Kier alpha value is -6.56. The van der Waals surface area contributed by atoms with Crippen LogP contribution in [0.4, 0.5) is 23.1 Å². The van der Waals surface area contributed by atoms with Crippen molar-refractivity contribution in [1.82, 2.24) is 9.97 Å². The number of ketones is 1. The molecular weight excluding hydrogens is 630 g/mol. The van der Waals surface area contributed by atoms with Crippen molar-refractivity contribution in [2.24, 2.45) is 0 Å². The lowest BCUT2D eigenvalue weighted by Crippen LogP contribution is -2.17. The fraction of sp³-hybridized carbons (Fsp3) is 0.143. The lowest BCUT2D eigenvalue weighted by atomic mass is 9.96. The highest BCUT2D eigenvalue weighted by atomic mass is 16.6. The van der Waals surface area contributed by atoms with E-state index in [4.69, 9.17) is 20.9 Å². The van der Waals surface area contributed by atoms with E-state index in [1.165, 1.54) is 36.4 Å². The predicted octanol–water partition coefficient (Wildman–Crippen LogP) is 5.92. The number of aromatic nitrogens is 2. The molecule has 49 heavy (non-hydrogen) atoms. The van der Waals surface area contributed by atoms with E-state index in [9.17, 15) is 30.3 Å². The molecule has 1 aromatic heterocycles. The van der Waals surface area contributed by atoms with E-state index in [1.54, 1.807) is 12.1 Å². The number of benzene rings is 4. The average molecular weight is 662 g/mol. The molecule has 4 N–H and O–H groups in total. The Labute approximate surface area is 280 Å². The van der Waals surface area contributed by atoms with Crippen LogP contribution >= 0.6 is 0 Å². The molecule has 0 aliphatic carbocycles. The summed E-state index contributed by atoms with van der Waals surface area (Å²) in [6.45, 7) is 0.678. The van der Waals surface area contributed by atoms with Gasteiger partial charge in [0.1, 0.15) is 18.3 Å². The van der Waals surface area contributed by atoms with Crippen LogP contribution in [0.25, 0.3) is 11.1 Å². The summed E-state index contributed by atoms with van der Waals surface area (Å²) in [7, 11) is 0. The standard InChI is InChI=1S/C18H17N5O3.C17H14N2O4/c19-17-16(13-6-8-14(9-7-13)23(24)25)15(21-18(20)22-17)11-26-10-12-4-2-1-3-5-12;18-10-16(14-6-8-15(9-7-14)19(21)22)17(20)12-23-11-13-4-2-1-3-5-13/h1-9H,10-11H2,(H4,19,20,21,22);1-9,16H,11-12H2. The molecule has 1 heterocycles. The number of Topliss-reactive ketones (excluding diaryl/α,β-unsaturated/α-hetero) is 1. The number of non-ortho nitro benzene ring substituents is 2. The molecule has 0 aliphatic heterocycles. The molecule has 0 amide bonds. The van der Waals surface area contributed by atoms with Gasteiger partial charge in [0.05, 0.1) is 41.4 Å². The highest BCUT2D eigenvalue weighted by molar-refractivity contribution is 5.89. The number of nitro benzene ring substituents is 2. The number of rotatable bonds is 13. The Morgan fingerprint density at radius 1 is 0.735 bits per heavy atom. The molecule has 4 aromatic carbocycles. The van der Waals surface area contributed by atoms with Crippen LogP contribution in [0.3, 0.4) is 0 Å². The number of carbonyl (C=O) groups is 1. The molecule has 0 radical (unpaired) electrons. The Morgan fingerprint density at radius 3 is 1.76 bits per heavy atom. The van der Waals surface area contributed by atoms with Crippen LogP contribution in [0.1, 0.15) is 28.3 Å². The van der Waals surface area contributed by atoms with Gasteiger partial charge in [0.2, 0.25) is 5.95 Å². The van der Waals surface area contributed by atoms with Gasteiger partial charge in [-0.3, -0.25) is 25.0 Å². The van der Waals surface area contributed by atoms with E-state index in [0.29, 0.717) is 29.0 Å². The molecule has 0 saturated heterocycles. The molecule has 1 unspecified atom stereocenters. The third-order valence-corrected chi connectivity index (χ3v) is 6.99. The quantitative estimate of drug-likeness (QED) is 0.111. The summed E-state index contributed by atoms with van der Waals surface area (Å²) in [5.41, 5.74) is 15.8. The number of hydrogen-bond donors (Lipinski definition) is 2. The van der Waals surface area contributed by atoms with Gasteiger partial charge >= 0.3 is 0 Å². The first-order valence-corrected chi connectivity index (χ1v) is 14.7. The van der Waals surface area contributed by atoms with Crippen LogP contribution in [0.15, 0.2) is 109 Å². The minimum absolute atomic E-state index is 0.00874. The summed E-state index contributed by atoms with van der Waals surface area (Å²) in [5, 5.41) is 30.6. The summed E-state index contributed by atoms with van der Waals surface area (Å²) in [4.78, 5) is 40.8. The second kappa shape index (κ2) is 17.4. The van der Waals surface area contributed by atoms with Gasteiger partial charge in [0.25, 0.3) is 11.4 Å². The van der Waals surface area contributed by atoms with Crippen molar-refractivity contribution in [2.75, 3.05) is 18.1 Å². The van der Waals surface area contributed by atoms with Crippen molar-refractivity contribution >= 4 is 28.9 Å². The third-order valence-electron chi connectivity index (χ3n) is 6.99. The molecule has 0 fully saturated rings. The molecule has 1 atom stereocenters. The molecule has 248 valence electrons. The SMILES string of the molecule is N#CC(C(=O)COCc1ccccc1)c1ccc([N+](=O)[O-])cc1.Nc1nc(N)c(-c2ccc([N+](=O)[O-])cc2)c(COCc2ccccc2)n1. The fourth-order valence-corrected chi connectivity index (χ4v) is 4.60. The van der Waals surface area contributed by atoms with Crippen molar-refractivity contribution in [1.29, 1.82) is 5.26 Å². The van der Waals surface area contributed by atoms with Gasteiger partial charge in [-0.1, -0.05) is 72.8 Å². The molecule has 0 saturated carbocycles. The molecule has 14 nitrogen and oxygen atoms in total. The monoisotopic (exact) mass is 661 g/mol. The summed E-state index contributed by atoms with van der Waals surface area (Å²) in [6.07, 6.45) is 0. The molecule has 0 bridgehead atoms. The highest BCUT2D eigenvalue weighted by Gasteiger charge is 2.21. The number of carbonyl (C=O) groups excluding carboxylic acids is 1. The smallest absolute Gasteiger partial charge is 0.269 e. The van der Waals surface area contributed by atoms with E-state index in [0.717, 1.165) is 11.1 Å². The van der Waals surface area contributed by atoms with Gasteiger partial charge < -0.3 is 20.9 Å². The first-order chi connectivity index (χ1) is 23.7. The maximum Gasteiger partial charge on any atom is 0.269 e. The molecule has 5 rings (SSSR count). The van der Waals surface area contributed by atoms with Gasteiger partial charge in [0, 0.05) is 29.8 Å². The van der Waals surface area contributed by atoms with E-state index >= 15 is 0 Å². The van der Waals surface area contributed by atoms with Crippen molar-refractivity contribution in [3.63, 3.8) is 0 Å². The largest absolute Gasteiger partial charge is 0.383 e. The van der Waals surface area contributed by atoms with Gasteiger partial charge in [0.15, 0.2) is 5.78 Å². The van der Waals surface area contributed by atoms with Crippen LogP contribution in [-0.2, 0) is 34.1 Å². The van der Waals surface area contributed by atoms with Gasteiger partial charge in [-0.25, -0.2) is 4.98 Å². The Kier molecular flexibility index (Phi) is 12.5. The maximum atomic E-state index is 12.1. The number of nitro groups is 2. The molecule has 0 aliphatic rings. The molecule has 14 heteroatoms. The van der Waals surface area contributed by atoms with Crippen LogP contribution < -0.4 is 11.5 Å². The Balaban J connectivity index is 0.000000223. The normalized spacial score (nSPS) is 11.0. The molecule has 5 aromatic rings. The van der Waals surface area contributed by atoms with Crippen molar-refractivity contribution in [3.8, 4) is 17.2 Å². The minimum Gasteiger partial charge on any atom is -0.383 e. The number of anilines is 2. The molecular formula is C35H31N7O7.